The average Bonchev–Trinajstić information content (AvgIpc) is 2.95. The van der Waals surface area contributed by atoms with Crippen molar-refractivity contribution in [2.24, 2.45) is 0 Å². The molecule has 0 radical (unpaired) electrons. The van der Waals surface area contributed by atoms with Crippen LogP contribution in [0.5, 0.6) is 0 Å². The van der Waals surface area contributed by atoms with Crippen LogP contribution in [0.1, 0.15) is 47.6 Å². The summed E-state index contributed by atoms with van der Waals surface area (Å²) in [5, 5.41) is 2.53. The molecule has 1 aliphatic heterocycles. The highest BCUT2D eigenvalue weighted by Gasteiger charge is 2.33. The highest BCUT2D eigenvalue weighted by Crippen LogP contribution is 2.34. The van der Waals surface area contributed by atoms with E-state index < -0.39 is 10.0 Å². The molecule has 1 fully saturated rings. The summed E-state index contributed by atoms with van der Waals surface area (Å²) in [6, 6.07) is 9.68. The van der Waals surface area contributed by atoms with E-state index in [9.17, 15) is 13.2 Å². The SMILES string of the molecule is CNC(=O)c1ccc(S(=O)(=O)N2CCCCCC2c2ccncc2)cc1. The number of sulfonamides is 1. The molecule has 6 nitrogen and oxygen atoms in total. The van der Waals surface area contributed by atoms with Gasteiger partial charge in [0.05, 0.1) is 10.9 Å². The molecule has 0 saturated carbocycles. The van der Waals surface area contributed by atoms with Crippen LogP contribution in [0.25, 0.3) is 0 Å². The smallest absolute Gasteiger partial charge is 0.251 e. The van der Waals surface area contributed by atoms with Crippen LogP contribution in [-0.4, -0.2) is 37.2 Å². The number of hydrogen-bond acceptors (Lipinski definition) is 4. The zero-order valence-electron chi connectivity index (χ0n) is 14.8. The van der Waals surface area contributed by atoms with Crippen molar-refractivity contribution in [2.45, 2.75) is 36.6 Å². The number of carbonyl (C=O) groups excluding carboxylic acids is 1. The van der Waals surface area contributed by atoms with Crippen molar-refractivity contribution in [3.63, 3.8) is 0 Å². The Balaban J connectivity index is 1.96. The summed E-state index contributed by atoms with van der Waals surface area (Å²) in [4.78, 5) is 15.9. The van der Waals surface area contributed by atoms with Crippen molar-refractivity contribution < 1.29 is 13.2 Å². The number of hydrogen-bond donors (Lipinski definition) is 1. The Morgan fingerprint density at radius 2 is 1.77 bits per heavy atom. The number of pyridine rings is 1. The van der Waals surface area contributed by atoms with Crippen LogP contribution in [0.2, 0.25) is 0 Å². The molecular formula is C19H23N3O3S. The van der Waals surface area contributed by atoms with Gasteiger partial charge in [-0.3, -0.25) is 9.78 Å². The summed E-state index contributed by atoms with van der Waals surface area (Å²) >= 11 is 0. The van der Waals surface area contributed by atoms with Gasteiger partial charge in [-0.15, -0.1) is 0 Å². The van der Waals surface area contributed by atoms with Crippen LogP contribution < -0.4 is 5.32 Å². The molecule has 26 heavy (non-hydrogen) atoms. The number of benzene rings is 1. The molecule has 0 aliphatic carbocycles. The van der Waals surface area contributed by atoms with Gasteiger partial charge in [0, 0.05) is 31.5 Å². The van der Waals surface area contributed by atoms with Gasteiger partial charge in [0.1, 0.15) is 0 Å². The zero-order valence-corrected chi connectivity index (χ0v) is 15.6. The molecule has 138 valence electrons. The van der Waals surface area contributed by atoms with Crippen molar-refractivity contribution in [2.75, 3.05) is 13.6 Å². The summed E-state index contributed by atoms with van der Waals surface area (Å²) in [7, 11) is -2.11. The molecule has 1 amide bonds. The van der Waals surface area contributed by atoms with Gasteiger partial charge in [-0.2, -0.15) is 4.31 Å². The number of rotatable bonds is 4. The van der Waals surface area contributed by atoms with Crippen molar-refractivity contribution in [1.82, 2.24) is 14.6 Å². The molecule has 1 aliphatic rings. The third-order valence-corrected chi connectivity index (χ3v) is 6.67. The standard InChI is InChI=1S/C19H23N3O3S/c1-20-19(23)16-6-8-17(9-7-16)26(24,25)22-14-4-2-3-5-18(22)15-10-12-21-13-11-15/h6-13,18H,2-5,14H2,1H3,(H,20,23). The fourth-order valence-corrected chi connectivity index (χ4v) is 5.03. The normalized spacial score (nSPS) is 18.9. The molecule has 2 aromatic rings. The minimum Gasteiger partial charge on any atom is -0.355 e. The number of carbonyl (C=O) groups is 1. The van der Waals surface area contributed by atoms with Gasteiger partial charge in [-0.25, -0.2) is 8.42 Å². The van der Waals surface area contributed by atoms with E-state index in [4.69, 9.17) is 0 Å². The van der Waals surface area contributed by atoms with Crippen LogP contribution in [0, 0.1) is 0 Å². The quantitative estimate of drug-likeness (QED) is 0.894. The van der Waals surface area contributed by atoms with Gasteiger partial charge in [0.25, 0.3) is 5.91 Å². The van der Waals surface area contributed by atoms with Gasteiger partial charge in [-0.1, -0.05) is 12.8 Å². The van der Waals surface area contributed by atoms with Crippen LogP contribution in [0.4, 0.5) is 0 Å². The molecule has 2 heterocycles. The highest BCUT2D eigenvalue weighted by atomic mass is 32.2. The molecule has 3 rings (SSSR count). The minimum atomic E-state index is -3.65. The molecular weight excluding hydrogens is 350 g/mol. The fourth-order valence-electron chi connectivity index (χ4n) is 3.35. The molecule has 1 aromatic carbocycles. The van der Waals surface area contributed by atoms with E-state index in [0.717, 1.165) is 31.2 Å². The Labute approximate surface area is 154 Å². The van der Waals surface area contributed by atoms with Gasteiger partial charge in [-0.05, 0) is 54.8 Å². The predicted molar refractivity (Wildman–Crippen MR) is 99.2 cm³/mol. The summed E-state index contributed by atoms with van der Waals surface area (Å²) in [5.41, 5.74) is 1.40. The second-order valence-electron chi connectivity index (χ2n) is 6.36. The average molecular weight is 373 g/mol. The lowest BCUT2D eigenvalue weighted by atomic mass is 10.0. The Bertz CT molecular complexity index is 851. The van der Waals surface area contributed by atoms with E-state index >= 15 is 0 Å². The van der Waals surface area contributed by atoms with Gasteiger partial charge >= 0.3 is 0 Å². The lowest BCUT2D eigenvalue weighted by Gasteiger charge is -2.29. The van der Waals surface area contributed by atoms with E-state index in [1.54, 1.807) is 35.9 Å². The van der Waals surface area contributed by atoms with E-state index in [1.165, 1.54) is 12.1 Å². The maximum Gasteiger partial charge on any atom is 0.251 e. The van der Waals surface area contributed by atoms with Crippen molar-refractivity contribution in [3.8, 4) is 0 Å². The van der Waals surface area contributed by atoms with Gasteiger partial charge < -0.3 is 5.32 Å². The molecule has 0 spiro atoms. The van der Waals surface area contributed by atoms with Crippen molar-refractivity contribution in [3.05, 3.63) is 59.9 Å². The van der Waals surface area contributed by atoms with Crippen LogP contribution in [0.15, 0.2) is 53.7 Å². The van der Waals surface area contributed by atoms with Gasteiger partial charge in [0.2, 0.25) is 10.0 Å². The third-order valence-electron chi connectivity index (χ3n) is 4.74. The third kappa shape index (κ3) is 3.78. The first-order valence-corrected chi connectivity index (χ1v) is 10.2. The molecule has 0 bridgehead atoms. The Hall–Kier alpha value is -2.25. The van der Waals surface area contributed by atoms with E-state index in [0.29, 0.717) is 12.1 Å². The lowest BCUT2D eigenvalue weighted by Crippen LogP contribution is -2.35. The highest BCUT2D eigenvalue weighted by molar-refractivity contribution is 7.89. The predicted octanol–water partition coefficient (Wildman–Crippen LogP) is 2.75. The molecule has 7 heteroatoms. The maximum absolute atomic E-state index is 13.3. The van der Waals surface area contributed by atoms with E-state index in [1.807, 2.05) is 12.1 Å². The summed E-state index contributed by atoms with van der Waals surface area (Å²) in [5.74, 6) is -0.238. The maximum atomic E-state index is 13.3. The lowest BCUT2D eigenvalue weighted by molar-refractivity contribution is 0.0963. The van der Waals surface area contributed by atoms with E-state index in [-0.39, 0.29) is 16.8 Å². The first-order chi connectivity index (χ1) is 12.5. The Morgan fingerprint density at radius 3 is 2.42 bits per heavy atom. The van der Waals surface area contributed by atoms with Crippen LogP contribution >= 0.6 is 0 Å². The van der Waals surface area contributed by atoms with Crippen LogP contribution in [0.3, 0.4) is 0 Å². The minimum absolute atomic E-state index is 0.191. The number of nitrogens with one attached hydrogen (secondary N) is 1. The topological polar surface area (TPSA) is 79.4 Å². The number of nitrogens with zero attached hydrogens (tertiary/aromatic N) is 2. The van der Waals surface area contributed by atoms with Crippen LogP contribution in [-0.2, 0) is 10.0 Å². The summed E-state index contributed by atoms with van der Waals surface area (Å²) in [6.07, 6.45) is 7.04. The van der Waals surface area contributed by atoms with E-state index in [2.05, 4.69) is 10.3 Å². The zero-order chi connectivity index (χ0) is 18.6. The largest absolute Gasteiger partial charge is 0.355 e. The van der Waals surface area contributed by atoms with Gasteiger partial charge in [0.15, 0.2) is 0 Å². The Kier molecular flexibility index (Phi) is 5.68. The summed E-state index contributed by atoms with van der Waals surface area (Å²) in [6.45, 7) is 0.493. The molecule has 1 unspecified atom stereocenters. The number of aromatic nitrogens is 1. The fraction of sp³-hybridized carbons (Fsp3) is 0.368. The molecule has 1 atom stereocenters. The molecule has 1 saturated heterocycles. The summed E-state index contributed by atoms with van der Waals surface area (Å²) < 4.78 is 28.2. The first-order valence-electron chi connectivity index (χ1n) is 8.78. The first kappa shape index (κ1) is 18.5. The number of amides is 1. The molecule has 1 aromatic heterocycles. The van der Waals surface area contributed by atoms with Crippen molar-refractivity contribution in [1.29, 1.82) is 0 Å². The Morgan fingerprint density at radius 1 is 1.08 bits per heavy atom. The van der Waals surface area contributed by atoms with Crippen molar-refractivity contribution >= 4 is 15.9 Å². The second kappa shape index (κ2) is 7.97. The second-order valence-corrected chi connectivity index (χ2v) is 8.26. The molecule has 1 N–H and O–H groups in total. The monoisotopic (exact) mass is 373 g/mol.